The molecule has 0 aliphatic carbocycles. The summed E-state index contributed by atoms with van der Waals surface area (Å²) in [6.45, 7) is 4.00. The Bertz CT molecular complexity index is 2190. The summed E-state index contributed by atoms with van der Waals surface area (Å²) in [6, 6.07) is 14.8. The predicted molar refractivity (Wildman–Crippen MR) is 233 cm³/mol. The smallest absolute Gasteiger partial charge is 0.212 e. The number of carbonyl (C=O) groups is 3. The van der Waals surface area contributed by atoms with E-state index in [2.05, 4.69) is 20.5 Å². The zero-order chi connectivity index (χ0) is 44.3. The van der Waals surface area contributed by atoms with Crippen LogP contribution in [-0.2, 0) is 24.8 Å². The number of unbranched alkanes of at least 4 members (excludes halogenated alkanes) is 6. The van der Waals surface area contributed by atoms with Gasteiger partial charge >= 0.3 is 0 Å². The molecule has 0 amide bonds. The lowest BCUT2D eigenvalue weighted by Crippen LogP contribution is -2.41. The van der Waals surface area contributed by atoms with E-state index < -0.39 is 25.3 Å². The Hall–Kier alpha value is -4.53. The van der Waals surface area contributed by atoms with Gasteiger partial charge in [0.15, 0.2) is 23.1 Å². The van der Waals surface area contributed by atoms with E-state index in [1.54, 1.807) is 36.4 Å². The molecule has 2 aromatic heterocycles. The molecule has 0 unspecified atom stereocenters. The van der Waals surface area contributed by atoms with Crippen molar-refractivity contribution in [1.29, 1.82) is 0 Å². The van der Waals surface area contributed by atoms with E-state index in [0.29, 0.717) is 73.3 Å². The van der Waals surface area contributed by atoms with Crippen molar-refractivity contribution in [2.75, 3.05) is 32.7 Å². The molecule has 6 rings (SSSR count). The van der Waals surface area contributed by atoms with Crippen LogP contribution in [0, 0.1) is 11.6 Å². The Kier molecular flexibility index (Phi) is 21.9. The number of nitrogens with zero attached hydrogens (tertiary/aromatic N) is 3. The van der Waals surface area contributed by atoms with E-state index in [-0.39, 0.29) is 41.6 Å². The number of likely N-dealkylation sites (tertiary alicyclic amines) is 1. The molecule has 0 spiro atoms. The highest BCUT2D eigenvalue weighted by molar-refractivity contribution is 7.90. The summed E-state index contributed by atoms with van der Waals surface area (Å²) in [4.78, 5) is 36.7. The number of aldehydes is 1. The Balaban J connectivity index is 0.000000277. The fourth-order valence-corrected chi connectivity index (χ4v) is 8.58. The second-order valence-corrected chi connectivity index (χ2v) is 18.8. The highest BCUT2D eigenvalue weighted by Crippen LogP contribution is 2.23. The van der Waals surface area contributed by atoms with Gasteiger partial charge in [-0.1, -0.05) is 37.0 Å². The van der Waals surface area contributed by atoms with Crippen LogP contribution in [0.3, 0.4) is 0 Å². The van der Waals surface area contributed by atoms with E-state index in [0.717, 1.165) is 84.0 Å². The first kappa shape index (κ1) is 51.8. The Morgan fingerprint density at radius 3 is 1.52 bits per heavy atom. The average molecular weight is 907 g/mol. The zero-order valence-electron chi connectivity index (χ0n) is 34.2. The van der Waals surface area contributed by atoms with Gasteiger partial charge in [0.25, 0.3) is 0 Å². The molecule has 62 heavy (non-hydrogen) atoms. The summed E-state index contributed by atoms with van der Waals surface area (Å²) in [5.41, 5.74) is 1.93. The molecule has 5 N–H and O–H groups in total. The van der Waals surface area contributed by atoms with E-state index >= 15 is 0 Å². The van der Waals surface area contributed by atoms with Crippen molar-refractivity contribution in [3.05, 3.63) is 83.7 Å². The number of ketones is 2. The molecule has 2 aliphatic heterocycles. The molecule has 2 aromatic carbocycles. The molecular formula is C43H60F2N6O9S2. The number of piperidine rings is 2. The summed E-state index contributed by atoms with van der Waals surface area (Å²) >= 11 is 0. The Morgan fingerprint density at radius 2 is 1.10 bits per heavy atom. The van der Waals surface area contributed by atoms with E-state index in [1.807, 2.05) is 0 Å². The molecule has 4 aromatic rings. The number of rotatable bonds is 19. The third-order valence-corrected chi connectivity index (χ3v) is 13.3. The van der Waals surface area contributed by atoms with Crippen LogP contribution in [0.1, 0.15) is 118 Å². The number of carbonyl (C=O) groups excluding carboxylic acids is 3. The fourth-order valence-electron chi connectivity index (χ4n) is 6.82. The van der Waals surface area contributed by atoms with Crippen LogP contribution >= 0.6 is 0 Å². The van der Waals surface area contributed by atoms with Crippen LogP contribution < -0.4 is 15.6 Å². The van der Waals surface area contributed by atoms with Gasteiger partial charge in [-0.25, -0.2) is 35.9 Å². The van der Waals surface area contributed by atoms with Crippen LogP contribution in [0.15, 0.2) is 69.7 Å². The normalized spacial score (nSPS) is 15.0. The maximum atomic E-state index is 13.0. The second-order valence-electron chi connectivity index (χ2n) is 15.1. The van der Waals surface area contributed by atoms with Crippen LogP contribution in [0.2, 0.25) is 0 Å². The molecule has 2 fully saturated rings. The van der Waals surface area contributed by atoms with Gasteiger partial charge in [-0.15, -0.1) is 0 Å². The zero-order valence-corrected chi connectivity index (χ0v) is 35.8. The third kappa shape index (κ3) is 18.1. The second kappa shape index (κ2) is 26.2. The first-order valence-corrected chi connectivity index (χ1v) is 23.8. The monoisotopic (exact) mass is 906 g/mol. The van der Waals surface area contributed by atoms with Crippen molar-refractivity contribution in [3.8, 4) is 22.6 Å². The standard InChI is InChI=1S/C21H28FN3O4S.C16H16FNO3.C5H12N2O2S.CH4/c22-17-8-6-16(7-9-17)21-15-19(24-29-21)20(26)5-3-1-2-4-12-25-13-10-18(11-14-25)30(23,27)28;17-13-8-6-12(7-9-13)16-11-14(18-21-16)15(20)5-3-1-2-4-10-19;6-10(8,9)5-1-3-7-4-2-5;/h6-9,15,18H,1-5,10-14H2,(H2,23,27,28);6-11H,1-5H2;5,7H,1-4H2,(H2,6,8,9);1H4. The quantitative estimate of drug-likeness (QED) is 0.0497. The number of primary sulfonamides is 2. The summed E-state index contributed by atoms with van der Waals surface area (Å²) in [5, 5.41) is 20.1. The maximum Gasteiger partial charge on any atom is 0.212 e. The molecule has 2 aliphatic rings. The van der Waals surface area contributed by atoms with Gasteiger partial charge in [0.05, 0.1) is 10.5 Å². The van der Waals surface area contributed by atoms with Crippen LogP contribution in [0.5, 0.6) is 0 Å². The van der Waals surface area contributed by atoms with Crippen molar-refractivity contribution in [2.24, 2.45) is 10.3 Å². The van der Waals surface area contributed by atoms with Gasteiger partial charge in [-0.3, -0.25) is 9.59 Å². The molecule has 0 bridgehead atoms. The minimum Gasteiger partial charge on any atom is -0.356 e. The van der Waals surface area contributed by atoms with Crippen molar-refractivity contribution >= 4 is 37.9 Å². The molecule has 0 saturated carbocycles. The first-order valence-electron chi connectivity index (χ1n) is 20.6. The number of Topliss-reactive ketones (excluding diaryl/α,β-unsaturated/α-hetero) is 2. The SMILES string of the molecule is C.NS(=O)(=O)C1CCN(CCCCCCC(=O)c2cc(-c3ccc(F)cc3)on2)CC1.NS(=O)(=O)C1CCNCC1.O=CCCCCCC(=O)c1cc(-c2ccc(F)cc2)on1. The summed E-state index contributed by atoms with van der Waals surface area (Å²) < 4.78 is 80.4. The van der Waals surface area contributed by atoms with Crippen molar-refractivity contribution in [3.63, 3.8) is 0 Å². The number of hydrogen-bond acceptors (Lipinski definition) is 13. The van der Waals surface area contributed by atoms with Gasteiger partial charge in [0, 0.05) is 42.5 Å². The number of nitrogens with one attached hydrogen (secondary N) is 1. The van der Waals surface area contributed by atoms with Crippen molar-refractivity contribution < 1.29 is 49.0 Å². The van der Waals surface area contributed by atoms with E-state index in [9.17, 15) is 40.0 Å². The van der Waals surface area contributed by atoms with Crippen LogP contribution in [-0.4, -0.2) is 93.1 Å². The van der Waals surface area contributed by atoms with Crippen molar-refractivity contribution in [2.45, 2.75) is 108 Å². The van der Waals surface area contributed by atoms with E-state index in [1.165, 1.54) is 24.3 Å². The van der Waals surface area contributed by atoms with Gasteiger partial charge in [-0.05, 0) is 133 Å². The number of aromatic nitrogens is 2. The Morgan fingerprint density at radius 1 is 0.677 bits per heavy atom. The predicted octanol–water partition coefficient (Wildman–Crippen LogP) is 6.84. The largest absolute Gasteiger partial charge is 0.356 e. The lowest BCUT2D eigenvalue weighted by Gasteiger charge is -2.30. The minimum atomic E-state index is -3.41. The molecule has 342 valence electrons. The van der Waals surface area contributed by atoms with Crippen LogP contribution in [0.4, 0.5) is 8.78 Å². The van der Waals surface area contributed by atoms with E-state index in [4.69, 9.17) is 19.3 Å². The number of halogens is 2. The average Bonchev–Trinajstić information content (AvgIpc) is 3.95. The molecule has 2 saturated heterocycles. The summed E-state index contributed by atoms with van der Waals surface area (Å²) in [5.74, 6) is 0.0895. The molecule has 4 heterocycles. The number of hydrogen-bond donors (Lipinski definition) is 3. The maximum absolute atomic E-state index is 13.0. The third-order valence-electron chi connectivity index (χ3n) is 10.5. The minimum absolute atomic E-state index is 0. The number of sulfonamides is 2. The van der Waals surface area contributed by atoms with Gasteiger partial charge < -0.3 is 24.1 Å². The molecule has 0 atom stereocenters. The lowest BCUT2D eigenvalue weighted by molar-refractivity contribution is -0.107. The molecule has 0 radical (unpaired) electrons. The van der Waals surface area contributed by atoms with Crippen molar-refractivity contribution in [1.82, 2.24) is 20.5 Å². The highest BCUT2D eigenvalue weighted by atomic mass is 32.2. The number of benzene rings is 2. The molecule has 19 heteroatoms. The van der Waals surface area contributed by atoms with Gasteiger partial charge in [0.2, 0.25) is 20.0 Å². The fraction of sp³-hybridized carbons (Fsp3) is 0.512. The Labute approximate surface area is 363 Å². The summed E-state index contributed by atoms with van der Waals surface area (Å²) in [7, 11) is -6.68. The topological polar surface area (TPSA) is 239 Å². The molecule has 15 nitrogen and oxygen atoms in total. The van der Waals surface area contributed by atoms with Crippen LogP contribution in [0.25, 0.3) is 22.6 Å². The summed E-state index contributed by atoms with van der Waals surface area (Å²) in [6.07, 6.45) is 10.9. The number of nitrogens with two attached hydrogens (primary N) is 2. The highest BCUT2D eigenvalue weighted by Gasteiger charge is 2.27. The first-order chi connectivity index (χ1) is 29.1. The van der Waals surface area contributed by atoms with Gasteiger partial charge in [0.1, 0.15) is 29.3 Å². The van der Waals surface area contributed by atoms with Gasteiger partial charge in [-0.2, -0.15) is 0 Å². The molecular weight excluding hydrogens is 847 g/mol. The lowest BCUT2D eigenvalue weighted by atomic mass is 10.1.